The van der Waals surface area contributed by atoms with Gasteiger partial charge in [0.25, 0.3) is 9.05 Å². The Kier molecular flexibility index (Phi) is 2.76. The third kappa shape index (κ3) is 2.22. The Bertz CT molecular complexity index is 711. The third-order valence-electron chi connectivity index (χ3n) is 2.18. The number of rotatable bonds is 2. The molecular weight excluding hydrogens is 266 g/mol. The number of hydrogen-bond acceptors (Lipinski definition) is 4. The molecule has 0 spiro atoms. The smallest absolute Gasteiger partial charge is 0.335 e. The molecule has 0 bridgehead atoms. The van der Waals surface area contributed by atoms with Crippen LogP contribution in [0.2, 0.25) is 0 Å². The van der Waals surface area contributed by atoms with Gasteiger partial charge >= 0.3 is 5.97 Å². The van der Waals surface area contributed by atoms with Gasteiger partial charge in [-0.2, -0.15) is 0 Å². The number of carboxylic acid groups (broad SMARTS) is 1. The summed E-state index contributed by atoms with van der Waals surface area (Å²) < 4.78 is 22.7. The predicted octanol–water partition coefficient (Wildman–Crippen LogP) is 1.86. The van der Waals surface area contributed by atoms with E-state index in [0.717, 1.165) is 6.07 Å². The van der Waals surface area contributed by atoms with Crippen LogP contribution in [0.3, 0.4) is 0 Å². The van der Waals surface area contributed by atoms with Gasteiger partial charge in [0.1, 0.15) is 4.90 Å². The van der Waals surface area contributed by atoms with E-state index in [4.69, 9.17) is 15.8 Å². The second-order valence-electron chi connectivity index (χ2n) is 3.29. The third-order valence-corrected chi connectivity index (χ3v) is 3.51. The van der Waals surface area contributed by atoms with Crippen molar-refractivity contribution in [3.8, 4) is 0 Å². The molecule has 5 nitrogen and oxygen atoms in total. The van der Waals surface area contributed by atoms with E-state index in [-0.39, 0.29) is 16.0 Å². The normalized spacial score (nSPS) is 11.6. The number of fused-ring (bicyclic) bond motifs is 1. The number of halogens is 1. The Balaban J connectivity index is 2.93. The van der Waals surface area contributed by atoms with E-state index in [9.17, 15) is 13.2 Å². The average molecular weight is 272 g/mol. The standard InChI is InChI=1S/C10H6ClNO4S/c11-17(15,16)8-5-7(10(13)14)4-6-2-1-3-12-9(6)8/h1-5H,(H,13,14). The van der Waals surface area contributed by atoms with Crippen molar-refractivity contribution in [1.29, 1.82) is 0 Å². The van der Waals surface area contributed by atoms with Gasteiger partial charge in [-0.05, 0) is 18.2 Å². The minimum Gasteiger partial charge on any atom is -0.478 e. The summed E-state index contributed by atoms with van der Waals surface area (Å²) in [7, 11) is 1.21. The molecule has 1 heterocycles. The number of pyridine rings is 1. The topological polar surface area (TPSA) is 84.3 Å². The van der Waals surface area contributed by atoms with E-state index in [1.54, 1.807) is 12.1 Å². The van der Waals surface area contributed by atoms with E-state index < -0.39 is 15.0 Å². The molecule has 1 aromatic carbocycles. The van der Waals surface area contributed by atoms with Crippen LogP contribution >= 0.6 is 10.7 Å². The Labute approximate surface area is 101 Å². The van der Waals surface area contributed by atoms with Crippen LogP contribution in [-0.2, 0) is 9.05 Å². The summed E-state index contributed by atoms with van der Waals surface area (Å²) in [6.45, 7) is 0. The number of carbonyl (C=O) groups is 1. The first-order chi connectivity index (χ1) is 7.89. The highest BCUT2D eigenvalue weighted by atomic mass is 35.7. The fraction of sp³-hybridized carbons (Fsp3) is 0. The van der Waals surface area contributed by atoms with Gasteiger partial charge in [-0.15, -0.1) is 0 Å². The van der Waals surface area contributed by atoms with Crippen molar-refractivity contribution in [2.75, 3.05) is 0 Å². The van der Waals surface area contributed by atoms with Crippen molar-refractivity contribution in [2.45, 2.75) is 4.90 Å². The lowest BCUT2D eigenvalue weighted by molar-refractivity contribution is 0.0697. The molecule has 0 amide bonds. The van der Waals surface area contributed by atoms with Crippen LogP contribution in [0.4, 0.5) is 0 Å². The monoisotopic (exact) mass is 271 g/mol. The molecule has 1 aromatic heterocycles. The number of benzene rings is 1. The fourth-order valence-electron chi connectivity index (χ4n) is 1.47. The van der Waals surface area contributed by atoms with Crippen molar-refractivity contribution >= 4 is 36.6 Å². The molecule has 0 fully saturated rings. The van der Waals surface area contributed by atoms with E-state index in [1.165, 1.54) is 12.3 Å². The van der Waals surface area contributed by atoms with Gasteiger partial charge in [-0.3, -0.25) is 4.98 Å². The quantitative estimate of drug-likeness (QED) is 0.843. The van der Waals surface area contributed by atoms with E-state index in [1.807, 2.05) is 0 Å². The van der Waals surface area contributed by atoms with E-state index >= 15 is 0 Å². The summed E-state index contributed by atoms with van der Waals surface area (Å²) in [5.41, 5.74) is 0.0113. The number of nitrogens with zero attached hydrogens (tertiary/aromatic N) is 1. The van der Waals surface area contributed by atoms with Gasteiger partial charge in [0.15, 0.2) is 0 Å². The van der Waals surface area contributed by atoms with Crippen molar-refractivity contribution in [3.05, 3.63) is 36.0 Å². The molecule has 0 saturated carbocycles. The maximum atomic E-state index is 11.4. The van der Waals surface area contributed by atoms with E-state index in [2.05, 4.69) is 4.98 Å². The summed E-state index contributed by atoms with van der Waals surface area (Å²) >= 11 is 0. The molecule has 0 atom stereocenters. The van der Waals surface area contributed by atoms with Crippen molar-refractivity contribution in [2.24, 2.45) is 0 Å². The average Bonchev–Trinajstić information content (AvgIpc) is 2.26. The predicted molar refractivity (Wildman–Crippen MR) is 61.7 cm³/mol. The highest BCUT2D eigenvalue weighted by molar-refractivity contribution is 8.14. The second-order valence-corrected chi connectivity index (χ2v) is 5.83. The number of carboxylic acids is 1. The highest BCUT2D eigenvalue weighted by Crippen LogP contribution is 2.25. The molecule has 7 heteroatoms. The molecule has 0 aliphatic rings. The highest BCUT2D eigenvalue weighted by Gasteiger charge is 2.18. The van der Waals surface area contributed by atoms with Gasteiger partial charge in [-0.25, -0.2) is 13.2 Å². The minimum absolute atomic E-state index is 0.148. The van der Waals surface area contributed by atoms with Crippen LogP contribution in [-0.4, -0.2) is 24.5 Å². The number of aromatic nitrogens is 1. The van der Waals surface area contributed by atoms with Crippen LogP contribution < -0.4 is 0 Å². The summed E-state index contributed by atoms with van der Waals surface area (Å²) in [6.07, 6.45) is 1.41. The van der Waals surface area contributed by atoms with Gasteiger partial charge in [0.05, 0.1) is 11.1 Å². The minimum atomic E-state index is -4.04. The Morgan fingerprint density at radius 3 is 2.65 bits per heavy atom. The molecule has 0 saturated heterocycles. The lowest BCUT2D eigenvalue weighted by atomic mass is 10.1. The van der Waals surface area contributed by atoms with Crippen LogP contribution in [0.25, 0.3) is 10.9 Å². The summed E-state index contributed by atoms with van der Waals surface area (Å²) in [5, 5.41) is 9.29. The van der Waals surface area contributed by atoms with Gasteiger partial charge < -0.3 is 5.11 Å². The molecule has 0 aliphatic carbocycles. The van der Waals surface area contributed by atoms with Gasteiger partial charge in [-0.1, -0.05) is 6.07 Å². The molecular formula is C10H6ClNO4S. The largest absolute Gasteiger partial charge is 0.478 e. The Morgan fingerprint density at radius 1 is 1.35 bits per heavy atom. The summed E-state index contributed by atoms with van der Waals surface area (Å²) in [5.74, 6) is -1.22. The molecule has 17 heavy (non-hydrogen) atoms. The van der Waals surface area contributed by atoms with Gasteiger partial charge in [0.2, 0.25) is 0 Å². The second kappa shape index (κ2) is 3.97. The first-order valence-corrected chi connectivity index (χ1v) is 6.77. The molecule has 2 aromatic rings. The zero-order chi connectivity index (χ0) is 12.6. The van der Waals surface area contributed by atoms with Crippen molar-refractivity contribution < 1.29 is 18.3 Å². The maximum Gasteiger partial charge on any atom is 0.335 e. The molecule has 88 valence electrons. The fourth-order valence-corrected chi connectivity index (χ4v) is 2.49. The first-order valence-electron chi connectivity index (χ1n) is 4.46. The van der Waals surface area contributed by atoms with Crippen LogP contribution in [0, 0.1) is 0 Å². The number of hydrogen-bond donors (Lipinski definition) is 1. The molecule has 0 radical (unpaired) electrons. The van der Waals surface area contributed by atoms with Crippen LogP contribution in [0.1, 0.15) is 10.4 Å². The van der Waals surface area contributed by atoms with Gasteiger partial charge in [0, 0.05) is 22.3 Å². The Morgan fingerprint density at radius 2 is 2.06 bits per heavy atom. The zero-order valence-corrected chi connectivity index (χ0v) is 9.86. The summed E-state index contributed by atoms with van der Waals surface area (Å²) in [6, 6.07) is 5.50. The molecule has 1 N–H and O–H groups in total. The van der Waals surface area contributed by atoms with Crippen molar-refractivity contribution in [3.63, 3.8) is 0 Å². The summed E-state index contributed by atoms with van der Waals surface area (Å²) in [4.78, 5) is 14.5. The Hall–Kier alpha value is -1.66. The molecule has 0 aliphatic heterocycles. The van der Waals surface area contributed by atoms with Crippen LogP contribution in [0.15, 0.2) is 35.4 Å². The molecule has 2 rings (SSSR count). The lowest BCUT2D eigenvalue weighted by Gasteiger charge is -2.04. The zero-order valence-electron chi connectivity index (χ0n) is 8.29. The number of aromatic carboxylic acids is 1. The molecule has 0 unspecified atom stereocenters. The first kappa shape index (κ1) is 11.8. The SMILES string of the molecule is O=C(O)c1cc(S(=O)(=O)Cl)c2ncccc2c1. The lowest BCUT2D eigenvalue weighted by Crippen LogP contribution is -2.01. The van der Waals surface area contributed by atoms with Crippen LogP contribution in [0.5, 0.6) is 0 Å². The van der Waals surface area contributed by atoms with E-state index in [0.29, 0.717) is 5.39 Å². The maximum absolute atomic E-state index is 11.4. The van der Waals surface area contributed by atoms with Crippen molar-refractivity contribution in [1.82, 2.24) is 4.98 Å².